The van der Waals surface area contributed by atoms with Crippen molar-refractivity contribution in [1.82, 2.24) is 4.98 Å². The Bertz CT molecular complexity index is 1090. The molecule has 31 heavy (non-hydrogen) atoms. The molecule has 3 aromatic carbocycles. The van der Waals surface area contributed by atoms with Crippen molar-refractivity contribution in [2.24, 2.45) is 11.8 Å². The molecular formula is C29H33NO. The van der Waals surface area contributed by atoms with Gasteiger partial charge in [-0.1, -0.05) is 100 Å². The number of benzene rings is 3. The van der Waals surface area contributed by atoms with Crippen molar-refractivity contribution in [3.05, 3.63) is 107 Å². The summed E-state index contributed by atoms with van der Waals surface area (Å²) >= 11 is 0. The minimum absolute atomic E-state index is 0.0895. The summed E-state index contributed by atoms with van der Waals surface area (Å²) in [6.45, 7) is 8.90. The minimum Gasteiger partial charge on any atom is -0.361 e. The molecule has 0 saturated heterocycles. The van der Waals surface area contributed by atoms with Crippen molar-refractivity contribution in [3.63, 3.8) is 0 Å². The predicted molar refractivity (Wildman–Crippen MR) is 132 cm³/mol. The summed E-state index contributed by atoms with van der Waals surface area (Å²) in [4.78, 5) is 15.5. The second-order valence-electron chi connectivity index (χ2n) is 8.95. The first-order chi connectivity index (χ1) is 14.9. The highest BCUT2D eigenvalue weighted by Gasteiger charge is 2.08. The smallest absolute Gasteiger partial charge is 0.193 e. The summed E-state index contributed by atoms with van der Waals surface area (Å²) in [6.07, 6.45) is 4.34. The van der Waals surface area contributed by atoms with E-state index in [0.717, 1.165) is 29.9 Å². The van der Waals surface area contributed by atoms with Crippen molar-refractivity contribution >= 4 is 16.7 Å². The van der Waals surface area contributed by atoms with E-state index in [9.17, 15) is 4.79 Å². The number of H-pyrrole nitrogens is 1. The van der Waals surface area contributed by atoms with E-state index in [-0.39, 0.29) is 5.78 Å². The zero-order chi connectivity index (χ0) is 22.2. The largest absolute Gasteiger partial charge is 0.361 e. The van der Waals surface area contributed by atoms with Gasteiger partial charge in [-0.05, 0) is 41.9 Å². The maximum absolute atomic E-state index is 12.2. The van der Waals surface area contributed by atoms with Gasteiger partial charge in [-0.15, -0.1) is 0 Å². The van der Waals surface area contributed by atoms with Crippen LogP contribution >= 0.6 is 0 Å². The van der Waals surface area contributed by atoms with E-state index in [2.05, 4.69) is 75.3 Å². The van der Waals surface area contributed by atoms with E-state index in [1.165, 1.54) is 22.0 Å². The Labute approximate surface area is 186 Å². The lowest BCUT2D eigenvalue weighted by Gasteiger charge is -2.06. The lowest BCUT2D eigenvalue weighted by molar-refractivity contribution is 0.103. The highest BCUT2D eigenvalue weighted by Crippen LogP contribution is 2.20. The summed E-state index contributed by atoms with van der Waals surface area (Å²) in [5.41, 5.74) is 5.47. The average molecular weight is 412 g/mol. The Morgan fingerprint density at radius 1 is 0.710 bits per heavy atom. The van der Waals surface area contributed by atoms with Gasteiger partial charge in [0.2, 0.25) is 0 Å². The third-order valence-corrected chi connectivity index (χ3v) is 5.20. The number of carbonyl (C=O) groups excluding carboxylic acids is 1. The molecular weight excluding hydrogens is 378 g/mol. The van der Waals surface area contributed by atoms with Gasteiger partial charge in [-0.2, -0.15) is 0 Å². The first-order valence-corrected chi connectivity index (χ1v) is 11.2. The van der Waals surface area contributed by atoms with Gasteiger partial charge in [0, 0.05) is 28.2 Å². The molecule has 0 bridgehead atoms. The predicted octanol–water partition coefficient (Wildman–Crippen LogP) is 7.48. The zero-order valence-electron chi connectivity index (χ0n) is 19.1. The summed E-state index contributed by atoms with van der Waals surface area (Å²) < 4.78 is 0. The standard InChI is InChI=1S/C17H18O.C12H15N/c1-13(2)12-14-8-10-16(11-9-14)17(18)15-6-4-3-5-7-15;1-9(2)7-10-8-13-12-6-4-3-5-11(10)12/h3-11,13H,12H2,1-2H3;3-6,8-9,13H,7H2,1-2H3. The van der Waals surface area contributed by atoms with Crippen LogP contribution in [0.2, 0.25) is 0 Å². The molecule has 0 atom stereocenters. The van der Waals surface area contributed by atoms with Crippen molar-refractivity contribution in [2.45, 2.75) is 40.5 Å². The molecule has 160 valence electrons. The summed E-state index contributed by atoms with van der Waals surface area (Å²) in [6, 6.07) is 25.8. The Morgan fingerprint density at radius 3 is 1.94 bits per heavy atom. The van der Waals surface area contributed by atoms with Crippen LogP contribution in [-0.2, 0) is 12.8 Å². The number of aromatic nitrogens is 1. The zero-order valence-corrected chi connectivity index (χ0v) is 19.1. The van der Waals surface area contributed by atoms with E-state index < -0.39 is 0 Å². The first kappa shape index (κ1) is 22.6. The summed E-state index contributed by atoms with van der Waals surface area (Å²) in [5.74, 6) is 1.45. The van der Waals surface area contributed by atoms with Gasteiger partial charge in [-0.3, -0.25) is 4.79 Å². The van der Waals surface area contributed by atoms with E-state index in [1.54, 1.807) is 0 Å². The van der Waals surface area contributed by atoms with Crippen molar-refractivity contribution in [3.8, 4) is 0 Å². The molecule has 0 radical (unpaired) electrons. The fourth-order valence-corrected chi connectivity index (χ4v) is 3.76. The molecule has 0 aliphatic heterocycles. The van der Waals surface area contributed by atoms with Crippen LogP contribution < -0.4 is 0 Å². The highest BCUT2D eigenvalue weighted by molar-refractivity contribution is 6.08. The molecule has 2 heteroatoms. The number of aromatic amines is 1. The molecule has 0 aliphatic rings. The molecule has 0 unspecified atom stereocenters. The quantitative estimate of drug-likeness (QED) is 0.328. The second-order valence-corrected chi connectivity index (χ2v) is 8.95. The van der Waals surface area contributed by atoms with Gasteiger partial charge < -0.3 is 4.98 Å². The molecule has 0 spiro atoms. The van der Waals surface area contributed by atoms with Gasteiger partial charge >= 0.3 is 0 Å². The van der Waals surface area contributed by atoms with Gasteiger partial charge in [0.15, 0.2) is 5.78 Å². The Kier molecular flexibility index (Phi) is 7.83. The molecule has 0 aliphatic carbocycles. The summed E-state index contributed by atoms with van der Waals surface area (Å²) in [5, 5.41) is 1.37. The molecule has 1 N–H and O–H groups in total. The fourth-order valence-electron chi connectivity index (χ4n) is 3.76. The lowest BCUT2D eigenvalue weighted by atomic mass is 9.98. The van der Waals surface area contributed by atoms with Gasteiger partial charge in [0.1, 0.15) is 0 Å². The van der Waals surface area contributed by atoms with E-state index in [1.807, 2.05) is 42.5 Å². The van der Waals surface area contributed by atoms with Gasteiger partial charge in [-0.25, -0.2) is 0 Å². The van der Waals surface area contributed by atoms with Crippen LogP contribution in [0, 0.1) is 11.8 Å². The van der Waals surface area contributed by atoms with Crippen LogP contribution in [0.15, 0.2) is 85.1 Å². The Hall–Kier alpha value is -3.13. The number of nitrogens with one attached hydrogen (secondary N) is 1. The number of rotatable bonds is 6. The first-order valence-electron chi connectivity index (χ1n) is 11.2. The third-order valence-electron chi connectivity index (χ3n) is 5.20. The Balaban J connectivity index is 0.000000185. The van der Waals surface area contributed by atoms with Crippen LogP contribution in [0.5, 0.6) is 0 Å². The molecule has 1 heterocycles. The molecule has 0 saturated carbocycles. The normalized spacial score (nSPS) is 10.9. The van der Waals surface area contributed by atoms with Gasteiger partial charge in [0.25, 0.3) is 0 Å². The fraction of sp³-hybridized carbons (Fsp3) is 0.276. The number of hydrogen-bond donors (Lipinski definition) is 1. The van der Waals surface area contributed by atoms with E-state index in [4.69, 9.17) is 0 Å². The third kappa shape index (κ3) is 6.42. The van der Waals surface area contributed by atoms with Crippen LogP contribution in [0.3, 0.4) is 0 Å². The number of hydrogen-bond acceptors (Lipinski definition) is 1. The average Bonchev–Trinajstić information content (AvgIpc) is 3.17. The topological polar surface area (TPSA) is 32.9 Å². The minimum atomic E-state index is 0.0895. The van der Waals surface area contributed by atoms with Crippen LogP contribution in [0.25, 0.3) is 10.9 Å². The van der Waals surface area contributed by atoms with Crippen molar-refractivity contribution in [1.29, 1.82) is 0 Å². The molecule has 1 aromatic heterocycles. The number of para-hydroxylation sites is 1. The SMILES string of the molecule is CC(C)Cc1c[nH]c2ccccc12.CC(C)Cc1ccc(C(=O)c2ccccc2)cc1. The molecule has 4 rings (SSSR count). The maximum atomic E-state index is 12.2. The lowest BCUT2D eigenvalue weighted by Crippen LogP contribution is -2.01. The molecule has 0 amide bonds. The number of fused-ring (bicyclic) bond motifs is 1. The molecule has 4 aromatic rings. The van der Waals surface area contributed by atoms with Crippen LogP contribution in [0.1, 0.15) is 54.7 Å². The molecule has 2 nitrogen and oxygen atoms in total. The number of ketones is 1. The highest BCUT2D eigenvalue weighted by atomic mass is 16.1. The number of carbonyl (C=O) groups is 1. The van der Waals surface area contributed by atoms with E-state index in [0.29, 0.717) is 5.92 Å². The van der Waals surface area contributed by atoms with Crippen LogP contribution in [-0.4, -0.2) is 10.8 Å². The van der Waals surface area contributed by atoms with Gasteiger partial charge in [0.05, 0.1) is 0 Å². The van der Waals surface area contributed by atoms with E-state index >= 15 is 0 Å². The second kappa shape index (κ2) is 10.8. The molecule has 0 fully saturated rings. The Morgan fingerprint density at radius 2 is 1.29 bits per heavy atom. The van der Waals surface area contributed by atoms with Crippen molar-refractivity contribution < 1.29 is 4.79 Å². The maximum Gasteiger partial charge on any atom is 0.193 e. The van der Waals surface area contributed by atoms with Crippen molar-refractivity contribution in [2.75, 3.05) is 0 Å². The monoisotopic (exact) mass is 411 g/mol. The van der Waals surface area contributed by atoms with Crippen LogP contribution in [0.4, 0.5) is 0 Å². The summed E-state index contributed by atoms with van der Waals surface area (Å²) in [7, 11) is 0.